The van der Waals surface area contributed by atoms with Gasteiger partial charge in [0.05, 0.1) is 68.5 Å². The highest BCUT2D eigenvalue weighted by atomic mass is 32.2. The molecule has 9 heterocycles. The van der Waals surface area contributed by atoms with Gasteiger partial charge in [0.2, 0.25) is 0 Å². The van der Waals surface area contributed by atoms with Gasteiger partial charge in [-0.1, -0.05) is 41.5 Å². The third-order valence-electron chi connectivity index (χ3n) is 15.5. The van der Waals surface area contributed by atoms with Crippen molar-refractivity contribution < 1.29 is 26.8 Å². The van der Waals surface area contributed by atoms with Crippen LogP contribution in [0.1, 0.15) is 141 Å². The molecule has 0 bridgehead atoms. The van der Waals surface area contributed by atoms with E-state index in [0.717, 1.165) is 64.0 Å². The molecule has 0 radical (unpaired) electrons. The van der Waals surface area contributed by atoms with Crippen molar-refractivity contribution in [2.45, 2.75) is 210 Å². The molecule has 9 rings (SSSR count). The fourth-order valence-corrected chi connectivity index (χ4v) is 12.5. The molecule has 0 aliphatic carbocycles. The first kappa shape index (κ1) is 66.4. The second-order valence-electron chi connectivity index (χ2n) is 25.0. The molecule has 3 saturated heterocycles. The van der Waals surface area contributed by atoms with Crippen LogP contribution in [0.15, 0.2) is 47.7 Å². The van der Waals surface area contributed by atoms with Crippen LogP contribution < -0.4 is 33.7 Å². The number of aromatic nitrogens is 12. The zero-order chi connectivity index (χ0) is 61.4. The molecule has 6 atom stereocenters. The number of H-pyrrole nitrogens is 1. The molecule has 0 saturated carbocycles. The second-order valence-corrected chi connectivity index (χ2v) is 26.6. The number of ether oxygens (including phenoxy) is 3. The largest absolute Gasteiger partial charge is 0.376 e. The molecule has 24 nitrogen and oxygen atoms in total. The van der Waals surface area contributed by atoms with Crippen LogP contribution >= 0.6 is 0 Å². The smallest absolute Gasteiger partial charge is 0.332 e. The summed E-state index contributed by atoms with van der Waals surface area (Å²) in [6.45, 7) is 28.3. The molecule has 6 aromatic rings. The van der Waals surface area contributed by atoms with E-state index < -0.39 is 15.8 Å². The van der Waals surface area contributed by atoms with Crippen LogP contribution in [-0.4, -0.2) is 114 Å². The van der Waals surface area contributed by atoms with Crippen LogP contribution in [-0.2, 0) is 82.4 Å². The average molecular weight is 1180 g/mol. The summed E-state index contributed by atoms with van der Waals surface area (Å²) < 4.78 is 56.0. The van der Waals surface area contributed by atoms with Gasteiger partial charge >= 0.3 is 17.1 Å². The Morgan fingerprint density at radius 1 is 0.518 bits per heavy atom. The van der Waals surface area contributed by atoms with Crippen LogP contribution in [0.2, 0.25) is 0 Å². The van der Waals surface area contributed by atoms with E-state index in [2.05, 4.69) is 103 Å². The van der Waals surface area contributed by atoms with Gasteiger partial charge < -0.3 is 27.9 Å². The molecule has 1 N–H and O–H groups in total. The monoisotopic (exact) mass is 1180 g/mol. The van der Waals surface area contributed by atoms with Gasteiger partial charge in [0.1, 0.15) is 0 Å². The lowest BCUT2D eigenvalue weighted by Crippen LogP contribution is -2.40. The number of nitrogens with zero attached hydrogens (tertiary/aromatic N) is 11. The van der Waals surface area contributed by atoms with E-state index in [1.807, 2.05) is 9.13 Å². The molecule has 83 heavy (non-hydrogen) atoms. The third kappa shape index (κ3) is 17.7. The maximum Gasteiger partial charge on any atom is 0.332 e. The normalized spacial score (nSPS) is 23.1. The molecule has 0 amide bonds. The topological polar surface area (TPSA) is 267 Å². The molecule has 0 aromatic carbocycles. The Bertz CT molecular complexity index is 3440. The summed E-state index contributed by atoms with van der Waals surface area (Å²) in [5.74, 6) is 2.66. The van der Waals surface area contributed by atoms with Gasteiger partial charge in [-0.3, -0.25) is 46.4 Å². The van der Waals surface area contributed by atoms with E-state index in [-0.39, 0.29) is 64.7 Å². The number of imidazole rings is 3. The summed E-state index contributed by atoms with van der Waals surface area (Å²) in [4.78, 5) is 89.4. The number of rotatable bonds is 16. The zero-order valence-corrected chi connectivity index (χ0v) is 52.8. The quantitative estimate of drug-likeness (QED) is 0.110. The Morgan fingerprint density at radius 2 is 0.831 bits per heavy atom. The van der Waals surface area contributed by atoms with E-state index in [9.17, 15) is 37.2 Å². The fourth-order valence-electron chi connectivity index (χ4n) is 12.1. The molecule has 3 fully saturated rings. The van der Waals surface area contributed by atoms with Crippen LogP contribution in [0.3, 0.4) is 0 Å². The molecule has 0 spiro atoms. The summed E-state index contributed by atoms with van der Waals surface area (Å²) in [5, 5.41) is 0. The molecular formula is C58H94N12O12S. The van der Waals surface area contributed by atoms with Crippen molar-refractivity contribution in [2.75, 3.05) is 12.9 Å². The van der Waals surface area contributed by atoms with Crippen molar-refractivity contribution in [1.29, 1.82) is 0 Å². The van der Waals surface area contributed by atoms with Crippen LogP contribution in [0.4, 0.5) is 0 Å². The number of hydrogen-bond donors (Lipinski definition) is 1. The summed E-state index contributed by atoms with van der Waals surface area (Å²) in [5.41, 5.74) is 1.01. The van der Waals surface area contributed by atoms with Crippen molar-refractivity contribution in [2.24, 2.45) is 56.7 Å². The Labute approximate surface area is 486 Å². The zero-order valence-electron chi connectivity index (χ0n) is 52.0. The first-order valence-electron chi connectivity index (χ1n) is 29.7. The number of fused-ring (bicyclic) bond motifs is 3. The number of nitrogens with one attached hydrogen (secondary N) is 1. The predicted octanol–water partition coefficient (Wildman–Crippen LogP) is 5.93. The highest BCUT2D eigenvalue weighted by Crippen LogP contribution is 2.30. The minimum Gasteiger partial charge on any atom is -0.376 e. The van der Waals surface area contributed by atoms with E-state index in [4.69, 9.17) is 18.4 Å². The van der Waals surface area contributed by atoms with Gasteiger partial charge in [-0.05, 0) is 135 Å². The van der Waals surface area contributed by atoms with Crippen molar-refractivity contribution in [3.8, 4) is 0 Å². The van der Waals surface area contributed by atoms with Crippen LogP contribution in [0.25, 0.3) is 33.5 Å². The summed E-state index contributed by atoms with van der Waals surface area (Å²) in [6, 6.07) is 0. The van der Waals surface area contributed by atoms with E-state index in [1.54, 1.807) is 44.7 Å². The van der Waals surface area contributed by atoms with Crippen molar-refractivity contribution >= 4 is 43.6 Å². The van der Waals surface area contributed by atoms with Crippen molar-refractivity contribution in [1.82, 2.24) is 56.5 Å². The summed E-state index contributed by atoms with van der Waals surface area (Å²) in [7, 11) is 1.68. The first-order valence-corrected chi connectivity index (χ1v) is 31.5. The highest BCUT2D eigenvalue weighted by molar-refractivity contribution is 7.85. The van der Waals surface area contributed by atoms with Crippen LogP contribution in [0.5, 0.6) is 0 Å². The molecule has 464 valence electrons. The van der Waals surface area contributed by atoms with Gasteiger partial charge in [-0.15, -0.1) is 0 Å². The van der Waals surface area contributed by atoms with Gasteiger partial charge in [0, 0.05) is 53.9 Å². The van der Waals surface area contributed by atoms with Crippen molar-refractivity contribution in [3.63, 3.8) is 0 Å². The Kier molecular flexibility index (Phi) is 23.1. The highest BCUT2D eigenvalue weighted by Gasteiger charge is 2.28. The van der Waals surface area contributed by atoms with Gasteiger partial charge in [0.15, 0.2) is 33.5 Å². The SMILES string of the molecule is CC(C)Cn1cnc2c1c(=O)[nH]c(=O)n2C.CC(C)Cn1cnc2c1c(=O)n(CCC1C[C@@H](C)O[C@H](C)C1)c(=O)n2C.CC(C)Cn1cnc2c1c(=O)n(CCC1C[C@@H](C)O[C@H](C)C1)c(=O)n2C.C[C@@H]1CC(CCOS(C)(=O)=O)C[C@@H](C)O1. The molecule has 0 unspecified atom stereocenters. The minimum atomic E-state index is -3.28. The lowest BCUT2D eigenvalue weighted by molar-refractivity contribution is -0.0550. The van der Waals surface area contributed by atoms with Gasteiger partial charge in [-0.2, -0.15) is 8.42 Å². The maximum atomic E-state index is 13.0. The lowest BCUT2D eigenvalue weighted by Gasteiger charge is -2.32. The first-order chi connectivity index (χ1) is 38.9. The average Bonchev–Trinajstić information content (AvgIpc) is 4.12. The maximum absolute atomic E-state index is 13.0. The number of aromatic amines is 1. The molecule has 25 heteroatoms. The second kappa shape index (κ2) is 28.9. The van der Waals surface area contributed by atoms with Gasteiger partial charge in [0.25, 0.3) is 26.8 Å². The molecule has 3 aliphatic rings. The summed E-state index contributed by atoms with van der Waals surface area (Å²) in [6.07, 6.45) is 15.8. The van der Waals surface area contributed by atoms with Gasteiger partial charge in [-0.25, -0.2) is 29.3 Å². The molecular weight excluding hydrogens is 1090 g/mol. The Balaban J connectivity index is 0.000000183. The van der Waals surface area contributed by atoms with E-state index in [0.29, 0.717) is 108 Å². The number of aryl methyl sites for hydroxylation is 3. The van der Waals surface area contributed by atoms with Crippen molar-refractivity contribution in [3.05, 3.63) is 81.5 Å². The predicted molar refractivity (Wildman–Crippen MR) is 321 cm³/mol. The number of hydrogen-bond acceptors (Lipinski definition) is 15. The van der Waals surface area contributed by atoms with Crippen LogP contribution in [0, 0.1) is 35.5 Å². The lowest BCUT2D eigenvalue weighted by atomic mass is 9.90. The van der Waals surface area contributed by atoms with E-state index >= 15 is 0 Å². The Hall–Kier alpha value is -5.76. The fraction of sp³-hybridized carbons (Fsp3) is 0.741. The minimum absolute atomic E-state index is 0.227. The Morgan fingerprint density at radius 3 is 1.16 bits per heavy atom. The standard InChI is InChI=1S/2C19H30N4O3.C10H14N4O2.C10H20O4S/c2*1-12(2)10-22-11-20-17-16(22)18(24)23(19(25)21(17)5)7-6-15-8-13(3)26-14(4)9-15;1-6(2)4-14-5-11-8-7(14)9(15)12-10(16)13(8)3;1-8-6-10(7-9(2)14-8)4-5-13-15(3,11)12/h2*11-15H,6-10H2,1-5H3;5-6H,4H2,1-3H3,(H,12,15,16);8-10H,4-7H2,1-3H3/t2*13-,14-;;8-,9-/m11.1/s1. The third-order valence-corrected chi connectivity index (χ3v) is 16.1. The molecule has 3 aliphatic heterocycles. The van der Waals surface area contributed by atoms with E-state index in [1.165, 1.54) is 22.8 Å². The molecule has 6 aromatic heterocycles. The summed E-state index contributed by atoms with van der Waals surface area (Å²) >= 11 is 0.